The number of halogens is 1. The van der Waals surface area contributed by atoms with Gasteiger partial charge in [0.2, 0.25) is 0 Å². The molecule has 0 amide bonds. The van der Waals surface area contributed by atoms with Gasteiger partial charge >= 0.3 is 0 Å². The molecule has 3 rings (SSSR count). The summed E-state index contributed by atoms with van der Waals surface area (Å²) in [6.45, 7) is 6.52. The van der Waals surface area contributed by atoms with Crippen LogP contribution in [0.3, 0.4) is 0 Å². The number of rotatable bonds is 3. The third kappa shape index (κ3) is 2.22. The van der Waals surface area contributed by atoms with Gasteiger partial charge in [-0.25, -0.2) is 0 Å². The highest BCUT2D eigenvalue weighted by Gasteiger charge is 2.61. The molecule has 2 saturated heterocycles. The number of fused-ring (bicyclic) bond motifs is 2. The third-order valence-corrected chi connectivity index (χ3v) is 5.42. The maximum Gasteiger partial charge on any atom is 0.139 e. The van der Waals surface area contributed by atoms with E-state index in [1.165, 1.54) is 0 Å². The molecule has 0 spiro atoms. The lowest BCUT2D eigenvalue weighted by Gasteiger charge is -2.32. The van der Waals surface area contributed by atoms with Crippen LogP contribution in [0.25, 0.3) is 0 Å². The number of ether oxygens (including phenoxy) is 2. The number of nitriles is 1. The first kappa shape index (κ1) is 14.7. The zero-order valence-electron chi connectivity index (χ0n) is 12.6. The summed E-state index contributed by atoms with van der Waals surface area (Å²) in [5, 5.41) is 9.70. The lowest BCUT2D eigenvalue weighted by molar-refractivity contribution is -0.0769. The van der Waals surface area contributed by atoms with Gasteiger partial charge in [-0.1, -0.05) is 31.5 Å². The molecule has 0 aliphatic carbocycles. The van der Waals surface area contributed by atoms with Gasteiger partial charge in [-0.15, -0.1) is 0 Å². The maximum absolute atomic E-state index is 9.26. The Morgan fingerprint density at radius 2 is 2.19 bits per heavy atom. The van der Waals surface area contributed by atoms with Crippen LogP contribution in [0.5, 0.6) is 5.75 Å². The van der Waals surface area contributed by atoms with Crippen molar-refractivity contribution >= 4 is 11.6 Å². The van der Waals surface area contributed by atoms with Crippen molar-refractivity contribution < 1.29 is 9.47 Å². The topological polar surface area (TPSA) is 42.2 Å². The first-order chi connectivity index (χ1) is 9.90. The van der Waals surface area contributed by atoms with Gasteiger partial charge in [0.25, 0.3) is 0 Å². The Labute approximate surface area is 130 Å². The van der Waals surface area contributed by atoms with Crippen LogP contribution in [0.2, 0.25) is 5.02 Å². The second-order valence-corrected chi connectivity index (χ2v) is 7.08. The molecule has 3 atom stereocenters. The Hall–Kier alpha value is -1.24. The largest absolute Gasteiger partial charge is 0.486 e. The van der Waals surface area contributed by atoms with Gasteiger partial charge < -0.3 is 9.47 Å². The predicted molar refractivity (Wildman–Crippen MR) is 81.5 cm³/mol. The lowest BCUT2D eigenvalue weighted by atomic mass is 9.75. The van der Waals surface area contributed by atoms with E-state index >= 15 is 0 Å². The average molecular weight is 306 g/mol. The van der Waals surface area contributed by atoms with E-state index in [2.05, 4.69) is 26.8 Å². The van der Waals surface area contributed by atoms with Gasteiger partial charge in [-0.2, -0.15) is 5.26 Å². The van der Waals surface area contributed by atoms with Gasteiger partial charge in [-0.3, -0.25) is 0 Å². The summed E-state index contributed by atoms with van der Waals surface area (Å²) in [5.74, 6) is 1.02. The van der Waals surface area contributed by atoms with E-state index in [1.807, 2.05) is 12.1 Å². The molecule has 0 saturated carbocycles. The summed E-state index contributed by atoms with van der Waals surface area (Å²) in [7, 11) is 0. The smallest absolute Gasteiger partial charge is 0.139 e. The quantitative estimate of drug-likeness (QED) is 0.835. The molecule has 0 aromatic heterocycles. The normalized spacial score (nSPS) is 34.2. The Morgan fingerprint density at radius 3 is 2.81 bits per heavy atom. The molecule has 4 heteroatoms. The fourth-order valence-corrected chi connectivity index (χ4v) is 3.81. The fraction of sp³-hybridized carbons (Fsp3) is 0.588. The average Bonchev–Trinajstić information content (AvgIpc) is 2.91. The first-order valence-corrected chi connectivity index (χ1v) is 7.83. The van der Waals surface area contributed by atoms with Crippen LogP contribution < -0.4 is 4.74 Å². The molecule has 3 nitrogen and oxygen atoms in total. The molecular formula is C17H20ClNO2. The Kier molecular flexibility index (Phi) is 3.43. The van der Waals surface area contributed by atoms with E-state index in [4.69, 9.17) is 21.1 Å². The van der Waals surface area contributed by atoms with Crippen molar-refractivity contribution in [1.29, 1.82) is 5.26 Å². The number of hydrogen-bond acceptors (Lipinski definition) is 3. The molecule has 2 aliphatic rings. The van der Waals surface area contributed by atoms with E-state index in [1.54, 1.807) is 6.07 Å². The van der Waals surface area contributed by atoms with Gasteiger partial charge in [-0.05, 0) is 37.8 Å². The monoisotopic (exact) mass is 305 g/mol. The Morgan fingerprint density at radius 1 is 1.43 bits per heavy atom. The standard InChI is InChI=1S/C17H20ClNO2/c1-11(2)17-8-7-16(3,21-17)15(9-17)20-14-6-4-5-13(18)12(14)10-19/h4-6,11,15H,7-9H2,1-3H3/t15-,16-,17+/m0/s1. The highest BCUT2D eigenvalue weighted by molar-refractivity contribution is 6.31. The SMILES string of the molecule is CC(C)[C@]12CC[C@](C)(O1)[C@@H](Oc1cccc(Cl)c1C#N)C2. The van der Waals surface area contributed by atoms with E-state index in [0.717, 1.165) is 19.3 Å². The second kappa shape index (κ2) is 4.90. The summed E-state index contributed by atoms with van der Waals surface area (Å²) in [4.78, 5) is 0. The lowest BCUT2D eigenvalue weighted by Crippen LogP contribution is -2.40. The summed E-state index contributed by atoms with van der Waals surface area (Å²) < 4.78 is 12.5. The van der Waals surface area contributed by atoms with Crippen molar-refractivity contribution in [1.82, 2.24) is 0 Å². The molecule has 1 aromatic carbocycles. The first-order valence-electron chi connectivity index (χ1n) is 7.46. The van der Waals surface area contributed by atoms with Crippen molar-refractivity contribution in [3.05, 3.63) is 28.8 Å². The van der Waals surface area contributed by atoms with Crippen LogP contribution in [0, 0.1) is 17.2 Å². The minimum Gasteiger partial charge on any atom is -0.486 e. The third-order valence-electron chi connectivity index (χ3n) is 5.10. The molecule has 2 fully saturated rings. The van der Waals surface area contributed by atoms with Crippen LogP contribution in [0.1, 0.15) is 45.6 Å². The predicted octanol–water partition coefficient (Wildman–Crippen LogP) is 4.33. The Bertz CT molecular complexity index is 609. The van der Waals surface area contributed by atoms with E-state index in [0.29, 0.717) is 22.3 Å². The number of nitrogens with zero attached hydrogens (tertiary/aromatic N) is 1. The van der Waals surface area contributed by atoms with Crippen molar-refractivity contribution in [2.75, 3.05) is 0 Å². The minimum atomic E-state index is -0.265. The molecule has 0 radical (unpaired) electrons. The molecule has 1 aromatic rings. The van der Waals surface area contributed by atoms with Crippen molar-refractivity contribution in [2.45, 2.75) is 57.3 Å². The number of benzene rings is 1. The van der Waals surface area contributed by atoms with Crippen LogP contribution in [-0.4, -0.2) is 17.3 Å². The molecule has 2 bridgehead atoms. The Balaban J connectivity index is 1.88. The number of hydrogen-bond donors (Lipinski definition) is 0. The fourth-order valence-electron chi connectivity index (χ4n) is 3.60. The zero-order valence-corrected chi connectivity index (χ0v) is 13.4. The zero-order chi connectivity index (χ0) is 15.3. The highest BCUT2D eigenvalue weighted by atomic mass is 35.5. The van der Waals surface area contributed by atoms with Crippen LogP contribution in [-0.2, 0) is 4.74 Å². The molecule has 2 heterocycles. The molecule has 21 heavy (non-hydrogen) atoms. The van der Waals surface area contributed by atoms with Gasteiger partial charge in [0.1, 0.15) is 29.1 Å². The van der Waals surface area contributed by atoms with Crippen LogP contribution in [0.15, 0.2) is 18.2 Å². The van der Waals surface area contributed by atoms with E-state index in [9.17, 15) is 5.26 Å². The van der Waals surface area contributed by atoms with Gasteiger partial charge in [0, 0.05) is 6.42 Å². The van der Waals surface area contributed by atoms with Gasteiger partial charge in [0.15, 0.2) is 0 Å². The highest BCUT2D eigenvalue weighted by Crippen LogP contribution is 2.55. The van der Waals surface area contributed by atoms with Gasteiger partial charge in [0.05, 0.1) is 10.6 Å². The minimum absolute atomic E-state index is 0.0285. The maximum atomic E-state index is 9.26. The second-order valence-electron chi connectivity index (χ2n) is 6.67. The summed E-state index contributed by atoms with van der Waals surface area (Å²) in [5.41, 5.74) is 0.0635. The molecule has 112 valence electrons. The van der Waals surface area contributed by atoms with Crippen LogP contribution in [0.4, 0.5) is 0 Å². The van der Waals surface area contributed by atoms with Crippen molar-refractivity contribution in [2.24, 2.45) is 5.92 Å². The molecule has 2 aliphatic heterocycles. The van der Waals surface area contributed by atoms with Crippen molar-refractivity contribution in [3.8, 4) is 11.8 Å². The summed E-state index contributed by atoms with van der Waals surface area (Å²) >= 11 is 6.07. The van der Waals surface area contributed by atoms with Crippen LogP contribution >= 0.6 is 11.6 Å². The summed E-state index contributed by atoms with van der Waals surface area (Å²) in [6.07, 6.45) is 2.93. The molecule has 0 N–H and O–H groups in total. The van der Waals surface area contributed by atoms with Crippen molar-refractivity contribution in [3.63, 3.8) is 0 Å². The molecular weight excluding hydrogens is 286 g/mol. The van der Waals surface area contributed by atoms with E-state index in [-0.39, 0.29) is 17.3 Å². The summed E-state index contributed by atoms with van der Waals surface area (Å²) in [6, 6.07) is 7.46. The molecule has 0 unspecified atom stereocenters. The van der Waals surface area contributed by atoms with E-state index < -0.39 is 0 Å².